The number of nitrogens with one attached hydrogen (secondary N) is 1. The molecule has 6 nitrogen and oxygen atoms in total. The van der Waals surface area contributed by atoms with E-state index < -0.39 is 0 Å². The number of allylic oxidation sites excluding steroid dienone is 1. The first-order valence-electron chi connectivity index (χ1n) is 10.1. The van der Waals surface area contributed by atoms with Crippen LogP contribution in [0.4, 0.5) is 5.95 Å². The Morgan fingerprint density at radius 3 is 2.39 bits per heavy atom. The van der Waals surface area contributed by atoms with Crippen LogP contribution >= 0.6 is 0 Å². The highest BCUT2D eigenvalue weighted by molar-refractivity contribution is 5.77. The van der Waals surface area contributed by atoms with Gasteiger partial charge in [-0.15, -0.1) is 0 Å². The van der Waals surface area contributed by atoms with E-state index in [1.807, 2.05) is 59.3 Å². The van der Waals surface area contributed by atoms with Crippen molar-refractivity contribution in [2.24, 2.45) is 0 Å². The predicted octanol–water partition coefficient (Wildman–Crippen LogP) is 4.92. The van der Waals surface area contributed by atoms with E-state index >= 15 is 0 Å². The molecular weight excluding hydrogens is 388 g/mol. The Hall–Kier alpha value is -4.06. The van der Waals surface area contributed by atoms with Crippen molar-refractivity contribution in [2.45, 2.75) is 12.6 Å². The number of methoxy groups -OCH3 is 1. The molecule has 0 bridgehead atoms. The second kappa shape index (κ2) is 8.36. The summed E-state index contributed by atoms with van der Waals surface area (Å²) >= 11 is 0. The molecular formula is C25H22N4O2. The van der Waals surface area contributed by atoms with Crippen LogP contribution in [0.15, 0.2) is 91.3 Å². The Labute approximate surface area is 180 Å². The number of rotatable bonds is 6. The van der Waals surface area contributed by atoms with Crippen LogP contribution in [0.1, 0.15) is 22.7 Å². The lowest BCUT2D eigenvalue weighted by Gasteiger charge is -2.24. The van der Waals surface area contributed by atoms with Crippen LogP contribution in [0.3, 0.4) is 0 Å². The fourth-order valence-corrected chi connectivity index (χ4v) is 3.61. The molecule has 0 saturated heterocycles. The number of ether oxygens (including phenoxy) is 2. The summed E-state index contributed by atoms with van der Waals surface area (Å²) in [4.78, 5) is 4.37. The molecule has 2 heterocycles. The average molecular weight is 410 g/mol. The summed E-state index contributed by atoms with van der Waals surface area (Å²) in [5.74, 6) is 2.37. The molecule has 3 aromatic carbocycles. The molecule has 154 valence electrons. The lowest BCUT2D eigenvalue weighted by atomic mass is 10.0. The van der Waals surface area contributed by atoms with Crippen molar-refractivity contribution in [1.82, 2.24) is 14.8 Å². The van der Waals surface area contributed by atoms with Gasteiger partial charge in [0.25, 0.3) is 0 Å². The van der Waals surface area contributed by atoms with Gasteiger partial charge in [-0.05, 0) is 59.2 Å². The maximum atomic E-state index is 5.93. The van der Waals surface area contributed by atoms with Gasteiger partial charge >= 0.3 is 0 Å². The van der Waals surface area contributed by atoms with Gasteiger partial charge in [0.1, 0.15) is 30.5 Å². The smallest absolute Gasteiger partial charge is 0.226 e. The Morgan fingerprint density at radius 1 is 0.903 bits per heavy atom. The minimum atomic E-state index is -0.0703. The van der Waals surface area contributed by atoms with Crippen LogP contribution in [0, 0.1) is 0 Å². The quantitative estimate of drug-likeness (QED) is 0.489. The lowest BCUT2D eigenvalue weighted by molar-refractivity contribution is 0.306. The maximum absolute atomic E-state index is 5.93. The molecule has 1 aliphatic heterocycles. The van der Waals surface area contributed by atoms with Crippen LogP contribution in [0.2, 0.25) is 0 Å². The molecule has 1 aromatic heterocycles. The third-order valence-corrected chi connectivity index (χ3v) is 5.28. The Bertz CT molecular complexity index is 1180. The van der Waals surface area contributed by atoms with Gasteiger partial charge in [0.2, 0.25) is 5.95 Å². The largest absolute Gasteiger partial charge is 0.497 e. The van der Waals surface area contributed by atoms with Crippen molar-refractivity contribution in [1.29, 1.82) is 0 Å². The number of aromatic nitrogens is 3. The molecule has 1 aliphatic rings. The molecule has 1 N–H and O–H groups in total. The van der Waals surface area contributed by atoms with Crippen LogP contribution in [-0.4, -0.2) is 21.9 Å². The maximum Gasteiger partial charge on any atom is 0.226 e. The van der Waals surface area contributed by atoms with Crippen molar-refractivity contribution >= 4 is 11.6 Å². The van der Waals surface area contributed by atoms with Gasteiger partial charge in [-0.25, -0.2) is 4.68 Å². The van der Waals surface area contributed by atoms with Crippen molar-refractivity contribution < 1.29 is 9.47 Å². The second-order valence-electron chi connectivity index (χ2n) is 7.25. The molecule has 0 radical (unpaired) electrons. The second-order valence-corrected chi connectivity index (χ2v) is 7.25. The summed E-state index contributed by atoms with van der Waals surface area (Å²) < 4.78 is 13.1. The zero-order chi connectivity index (χ0) is 21.0. The zero-order valence-electron chi connectivity index (χ0n) is 17.1. The van der Waals surface area contributed by atoms with E-state index in [0.717, 1.165) is 33.9 Å². The summed E-state index contributed by atoms with van der Waals surface area (Å²) in [7, 11) is 1.67. The third kappa shape index (κ3) is 4.00. The molecule has 0 spiro atoms. The monoisotopic (exact) mass is 410 g/mol. The topological polar surface area (TPSA) is 61.2 Å². The summed E-state index contributed by atoms with van der Waals surface area (Å²) in [5, 5.41) is 7.78. The molecule has 1 atom stereocenters. The highest BCUT2D eigenvalue weighted by Crippen LogP contribution is 2.33. The molecule has 0 aliphatic carbocycles. The Morgan fingerprint density at radius 2 is 1.65 bits per heavy atom. The minimum Gasteiger partial charge on any atom is -0.497 e. The zero-order valence-corrected chi connectivity index (χ0v) is 17.1. The Balaban J connectivity index is 1.39. The van der Waals surface area contributed by atoms with E-state index in [-0.39, 0.29) is 6.04 Å². The van der Waals surface area contributed by atoms with Crippen molar-refractivity contribution in [3.05, 3.63) is 108 Å². The van der Waals surface area contributed by atoms with Crippen LogP contribution < -0.4 is 14.8 Å². The molecule has 0 fully saturated rings. The van der Waals surface area contributed by atoms with E-state index in [4.69, 9.17) is 9.47 Å². The molecule has 6 heteroatoms. The van der Waals surface area contributed by atoms with E-state index in [9.17, 15) is 0 Å². The van der Waals surface area contributed by atoms with Crippen molar-refractivity contribution in [3.63, 3.8) is 0 Å². The lowest BCUT2D eigenvalue weighted by Crippen LogP contribution is -2.20. The predicted molar refractivity (Wildman–Crippen MR) is 120 cm³/mol. The molecule has 1 unspecified atom stereocenters. The number of anilines is 1. The van der Waals surface area contributed by atoms with Gasteiger partial charge in [0.15, 0.2) is 0 Å². The molecule has 31 heavy (non-hydrogen) atoms. The molecule has 0 amide bonds. The van der Waals surface area contributed by atoms with Gasteiger partial charge in [-0.3, -0.25) is 0 Å². The average Bonchev–Trinajstić information content (AvgIpc) is 3.32. The van der Waals surface area contributed by atoms with Crippen LogP contribution in [0.5, 0.6) is 11.5 Å². The minimum absolute atomic E-state index is 0.0703. The normalized spacial score (nSPS) is 14.9. The van der Waals surface area contributed by atoms with Crippen molar-refractivity contribution in [3.8, 4) is 11.5 Å². The van der Waals surface area contributed by atoms with Crippen LogP contribution in [-0.2, 0) is 6.61 Å². The van der Waals surface area contributed by atoms with E-state index in [2.05, 4.69) is 45.7 Å². The summed E-state index contributed by atoms with van der Waals surface area (Å²) in [6.07, 6.45) is 3.72. The standard InChI is InChI=1S/C25H22N4O2/c1-30-21-11-7-19(8-12-21)23-15-24(29-25(28-23)26-17-27-29)20-9-13-22(14-10-20)31-16-18-5-3-2-4-6-18/h2-15,17,24H,16H2,1H3,(H,26,27,28). The Kier molecular flexibility index (Phi) is 5.10. The molecule has 4 aromatic rings. The van der Waals surface area contributed by atoms with E-state index in [0.29, 0.717) is 12.6 Å². The number of nitrogens with zero attached hydrogens (tertiary/aromatic N) is 3. The SMILES string of the molecule is COc1ccc(C2=CC(c3ccc(OCc4ccccc4)cc3)n3ncnc3N2)cc1. The molecule has 5 rings (SSSR count). The first-order valence-corrected chi connectivity index (χ1v) is 10.1. The fraction of sp³-hybridized carbons (Fsp3) is 0.120. The highest BCUT2D eigenvalue weighted by Gasteiger charge is 2.23. The first kappa shape index (κ1) is 18.9. The van der Waals surface area contributed by atoms with Crippen molar-refractivity contribution in [2.75, 3.05) is 12.4 Å². The van der Waals surface area contributed by atoms with Gasteiger partial charge < -0.3 is 14.8 Å². The number of fused-ring (bicyclic) bond motifs is 1. The van der Waals surface area contributed by atoms with Gasteiger partial charge in [-0.2, -0.15) is 10.1 Å². The number of hydrogen-bond donors (Lipinski definition) is 1. The number of hydrogen-bond acceptors (Lipinski definition) is 5. The molecule has 0 saturated carbocycles. The van der Waals surface area contributed by atoms with Crippen LogP contribution in [0.25, 0.3) is 5.70 Å². The van der Waals surface area contributed by atoms with E-state index in [1.165, 1.54) is 0 Å². The summed E-state index contributed by atoms with van der Waals surface area (Å²) in [5.41, 5.74) is 4.29. The fourth-order valence-electron chi connectivity index (χ4n) is 3.61. The summed E-state index contributed by atoms with van der Waals surface area (Å²) in [6, 6.07) is 26.2. The highest BCUT2D eigenvalue weighted by atomic mass is 16.5. The summed E-state index contributed by atoms with van der Waals surface area (Å²) in [6.45, 7) is 0.544. The number of benzene rings is 3. The van der Waals surface area contributed by atoms with Gasteiger partial charge in [-0.1, -0.05) is 42.5 Å². The third-order valence-electron chi connectivity index (χ3n) is 5.28. The van der Waals surface area contributed by atoms with Gasteiger partial charge in [0, 0.05) is 5.70 Å². The first-order chi connectivity index (χ1) is 15.3. The van der Waals surface area contributed by atoms with Gasteiger partial charge in [0.05, 0.1) is 7.11 Å². The van der Waals surface area contributed by atoms with E-state index in [1.54, 1.807) is 13.4 Å².